The van der Waals surface area contributed by atoms with Gasteiger partial charge in [-0.05, 0) is 35.4 Å². The largest absolute Gasteiger partial charge is 0.256 e. The van der Waals surface area contributed by atoms with Gasteiger partial charge in [-0.2, -0.15) is 0 Å². The van der Waals surface area contributed by atoms with Crippen LogP contribution < -0.4 is 0 Å². The summed E-state index contributed by atoms with van der Waals surface area (Å²) < 4.78 is 0. The SMILES string of the molecule is C=Cc1cccc2c(-c3ccc(CCCCCCCC)cc3)nccc12. The Bertz CT molecular complexity index is 846. The molecule has 134 valence electrons. The summed E-state index contributed by atoms with van der Waals surface area (Å²) in [5.41, 5.74) is 4.82. The minimum absolute atomic E-state index is 1.05. The van der Waals surface area contributed by atoms with E-state index in [2.05, 4.69) is 67.0 Å². The Kier molecular flexibility index (Phi) is 6.60. The van der Waals surface area contributed by atoms with Gasteiger partial charge in [-0.15, -0.1) is 0 Å². The third kappa shape index (κ3) is 4.40. The van der Waals surface area contributed by atoms with Gasteiger partial charge in [0.2, 0.25) is 0 Å². The summed E-state index contributed by atoms with van der Waals surface area (Å²) in [6.45, 7) is 6.19. The van der Waals surface area contributed by atoms with Crippen LogP contribution in [0.2, 0.25) is 0 Å². The average molecular weight is 344 g/mol. The first-order valence-corrected chi connectivity index (χ1v) is 9.93. The van der Waals surface area contributed by atoms with E-state index in [1.54, 1.807) is 0 Å². The first-order chi connectivity index (χ1) is 12.8. The molecule has 1 aromatic heterocycles. The zero-order valence-electron chi connectivity index (χ0n) is 15.9. The molecule has 1 heterocycles. The van der Waals surface area contributed by atoms with E-state index in [0.29, 0.717) is 0 Å². The van der Waals surface area contributed by atoms with Gasteiger partial charge in [-0.1, -0.05) is 94.1 Å². The summed E-state index contributed by atoms with van der Waals surface area (Å²) in [6, 6.07) is 17.4. The minimum atomic E-state index is 1.05. The molecule has 0 aliphatic heterocycles. The monoisotopic (exact) mass is 343 g/mol. The van der Waals surface area contributed by atoms with Crippen molar-refractivity contribution in [3.8, 4) is 11.3 Å². The van der Waals surface area contributed by atoms with Crippen molar-refractivity contribution < 1.29 is 0 Å². The Labute approximate surface area is 157 Å². The molecule has 0 radical (unpaired) electrons. The normalized spacial score (nSPS) is 11.0. The third-order valence-corrected chi connectivity index (χ3v) is 5.11. The van der Waals surface area contributed by atoms with Gasteiger partial charge in [0, 0.05) is 17.1 Å². The maximum absolute atomic E-state index is 4.65. The zero-order valence-corrected chi connectivity index (χ0v) is 15.9. The number of hydrogen-bond acceptors (Lipinski definition) is 1. The molecule has 26 heavy (non-hydrogen) atoms. The number of aromatic nitrogens is 1. The van der Waals surface area contributed by atoms with Crippen molar-refractivity contribution in [2.75, 3.05) is 0 Å². The van der Waals surface area contributed by atoms with E-state index in [4.69, 9.17) is 0 Å². The first kappa shape index (κ1) is 18.4. The van der Waals surface area contributed by atoms with E-state index in [1.165, 1.54) is 66.8 Å². The fourth-order valence-corrected chi connectivity index (χ4v) is 3.58. The fourth-order valence-electron chi connectivity index (χ4n) is 3.58. The molecule has 0 atom stereocenters. The Hall–Kier alpha value is -2.41. The van der Waals surface area contributed by atoms with Gasteiger partial charge in [0.1, 0.15) is 0 Å². The second-order valence-electron chi connectivity index (χ2n) is 7.02. The van der Waals surface area contributed by atoms with E-state index in [1.807, 2.05) is 12.3 Å². The Morgan fingerprint density at radius 3 is 2.38 bits per heavy atom. The molecule has 3 aromatic rings. The third-order valence-electron chi connectivity index (χ3n) is 5.11. The molecule has 0 saturated carbocycles. The number of hydrogen-bond donors (Lipinski definition) is 0. The van der Waals surface area contributed by atoms with Crippen LogP contribution in [0.1, 0.15) is 56.6 Å². The lowest BCUT2D eigenvalue weighted by Gasteiger charge is -2.09. The van der Waals surface area contributed by atoms with Crippen molar-refractivity contribution in [3.63, 3.8) is 0 Å². The molecular formula is C25H29N. The Balaban J connectivity index is 1.71. The number of fused-ring (bicyclic) bond motifs is 1. The summed E-state index contributed by atoms with van der Waals surface area (Å²) in [4.78, 5) is 4.65. The van der Waals surface area contributed by atoms with Gasteiger partial charge in [-0.3, -0.25) is 4.98 Å². The van der Waals surface area contributed by atoms with Crippen molar-refractivity contribution in [2.45, 2.75) is 51.9 Å². The number of nitrogens with zero attached hydrogens (tertiary/aromatic N) is 1. The smallest absolute Gasteiger partial charge is 0.0780 e. The predicted molar refractivity (Wildman–Crippen MR) is 114 cm³/mol. The quantitative estimate of drug-likeness (QED) is 0.368. The molecular weight excluding hydrogens is 314 g/mol. The molecule has 0 unspecified atom stereocenters. The molecule has 0 aliphatic rings. The van der Waals surface area contributed by atoms with Crippen LogP contribution in [-0.2, 0) is 6.42 Å². The minimum Gasteiger partial charge on any atom is -0.256 e. The predicted octanol–water partition coefficient (Wildman–Crippen LogP) is 7.45. The van der Waals surface area contributed by atoms with Crippen LogP contribution in [0.5, 0.6) is 0 Å². The lowest BCUT2D eigenvalue weighted by atomic mass is 9.98. The van der Waals surface area contributed by atoms with E-state index >= 15 is 0 Å². The number of pyridine rings is 1. The lowest BCUT2D eigenvalue weighted by molar-refractivity contribution is 0.607. The molecule has 0 amide bonds. The molecule has 1 nitrogen and oxygen atoms in total. The number of aryl methyl sites for hydroxylation is 1. The van der Waals surface area contributed by atoms with E-state index < -0.39 is 0 Å². The highest BCUT2D eigenvalue weighted by Crippen LogP contribution is 2.29. The summed E-state index contributed by atoms with van der Waals surface area (Å²) in [6.07, 6.45) is 13.1. The van der Waals surface area contributed by atoms with Crippen LogP contribution in [0.15, 0.2) is 61.3 Å². The zero-order chi connectivity index (χ0) is 18.2. The first-order valence-electron chi connectivity index (χ1n) is 9.93. The maximum Gasteiger partial charge on any atom is 0.0780 e. The number of benzene rings is 2. The number of rotatable bonds is 9. The highest BCUT2D eigenvalue weighted by Gasteiger charge is 2.07. The van der Waals surface area contributed by atoms with Gasteiger partial charge in [-0.25, -0.2) is 0 Å². The van der Waals surface area contributed by atoms with E-state index in [9.17, 15) is 0 Å². The van der Waals surface area contributed by atoms with Crippen LogP contribution in [0.3, 0.4) is 0 Å². The van der Waals surface area contributed by atoms with Gasteiger partial charge in [0.05, 0.1) is 5.69 Å². The van der Waals surface area contributed by atoms with Gasteiger partial charge < -0.3 is 0 Å². The van der Waals surface area contributed by atoms with E-state index in [-0.39, 0.29) is 0 Å². The fraction of sp³-hybridized carbons (Fsp3) is 0.320. The maximum atomic E-state index is 4.65. The standard InChI is InChI=1S/C25H29N/c1-3-5-6-7-8-9-11-20-14-16-22(17-15-20)25-24-13-10-12-21(4-2)23(24)18-19-26-25/h4,10,12-19H,2-3,5-9,11H2,1H3. The highest BCUT2D eigenvalue weighted by molar-refractivity contribution is 5.98. The van der Waals surface area contributed by atoms with Crippen molar-refractivity contribution in [1.29, 1.82) is 0 Å². The lowest BCUT2D eigenvalue weighted by Crippen LogP contribution is -1.90. The second-order valence-corrected chi connectivity index (χ2v) is 7.02. The molecule has 3 rings (SSSR count). The molecule has 0 N–H and O–H groups in total. The second kappa shape index (κ2) is 9.33. The molecule has 0 spiro atoms. The summed E-state index contributed by atoms with van der Waals surface area (Å²) in [5, 5.41) is 2.40. The molecule has 1 heteroatoms. The summed E-state index contributed by atoms with van der Waals surface area (Å²) in [5.74, 6) is 0. The van der Waals surface area contributed by atoms with Crippen LogP contribution in [0, 0.1) is 0 Å². The van der Waals surface area contributed by atoms with Crippen LogP contribution in [0.25, 0.3) is 28.1 Å². The molecule has 2 aromatic carbocycles. The molecule has 0 aliphatic carbocycles. The topological polar surface area (TPSA) is 12.9 Å². The molecule has 0 fully saturated rings. The number of unbranched alkanes of at least 4 members (excludes halogenated alkanes) is 5. The average Bonchev–Trinajstić information content (AvgIpc) is 2.70. The van der Waals surface area contributed by atoms with Crippen LogP contribution in [0.4, 0.5) is 0 Å². The van der Waals surface area contributed by atoms with Crippen molar-refractivity contribution in [2.24, 2.45) is 0 Å². The Morgan fingerprint density at radius 2 is 1.62 bits per heavy atom. The molecule has 0 saturated heterocycles. The van der Waals surface area contributed by atoms with Crippen LogP contribution in [-0.4, -0.2) is 4.98 Å². The van der Waals surface area contributed by atoms with E-state index in [0.717, 1.165) is 11.3 Å². The Morgan fingerprint density at radius 1 is 0.846 bits per heavy atom. The van der Waals surface area contributed by atoms with Gasteiger partial charge >= 0.3 is 0 Å². The van der Waals surface area contributed by atoms with Crippen LogP contribution >= 0.6 is 0 Å². The summed E-state index contributed by atoms with van der Waals surface area (Å²) >= 11 is 0. The highest BCUT2D eigenvalue weighted by atomic mass is 14.7. The van der Waals surface area contributed by atoms with Crippen molar-refractivity contribution in [1.82, 2.24) is 4.98 Å². The van der Waals surface area contributed by atoms with Gasteiger partial charge in [0.25, 0.3) is 0 Å². The molecule has 0 bridgehead atoms. The van der Waals surface area contributed by atoms with Crippen molar-refractivity contribution in [3.05, 3.63) is 72.4 Å². The van der Waals surface area contributed by atoms with Crippen molar-refractivity contribution >= 4 is 16.8 Å². The summed E-state index contributed by atoms with van der Waals surface area (Å²) in [7, 11) is 0. The van der Waals surface area contributed by atoms with Gasteiger partial charge in [0.15, 0.2) is 0 Å².